The Morgan fingerprint density at radius 1 is 1.32 bits per heavy atom. The molecule has 6 nitrogen and oxygen atoms in total. The maximum absolute atomic E-state index is 11.7. The quantitative estimate of drug-likeness (QED) is 0.687. The second kappa shape index (κ2) is 5.58. The highest BCUT2D eigenvalue weighted by atomic mass is 79.9. The fourth-order valence-corrected chi connectivity index (χ4v) is 2.09. The summed E-state index contributed by atoms with van der Waals surface area (Å²) < 4.78 is 0.716. The lowest BCUT2D eigenvalue weighted by molar-refractivity contribution is -0.115. The van der Waals surface area contributed by atoms with E-state index in [2.05, 4.69) is 36.5 Å². The van der Waals surface area contributed by atoms with Crippen molar-refractivity contribution in [1.82, 2.24) is 15.3 Å². The smallest absolute Gasteiger partial charge is 0.323 e. The van der Waals surface area contributed by atoms with Crippen molar-refractivity contribution in [3.63, 3.8) is 0 Å². The molecule has 0 aliphatic carbocycles. The highest BCUT2D eigenvalue weighted by Crippen LogP contribution is 2.26. The first-order valence-corrected chi connectivity index (χ1v) is 6.70. The number of aromatic amines is 2. The summed E-state index contributed by atoms with van der Waals surface area (Å²) in [6.07, 6.45) is 0. The van der Waals surface area contributed by atoms with Crippen LogP contribution in [0.4, 0.5) is 5.69 Å². The molecule has 0 bridgehead atoms. The summed E-state index contributed by atoms with van der Waals surface area (Å²) in [5, 5.41) is 5.82. The minimum Gasteiger partial charge on any atom is -0.324 e. The van der Waals surface area contributed by atoms with Gasteiger partial charge in [-0.2, -0.15) is 0 Å². The molecular weight excluding hydrogens is 312 g/mol. The fourth-order valence-electron chi connectivity index (χ4n) is 1.64. The molecule has 0 saturated heterocycles. The van der Waals surface area contributed by atoms with E-state index in [9.17, 15) is 9.59 Å². The summed E-state index contributed by atoms with van der Waals surface area (Å²) in [6.45, 7) is 4.19. The number of halogens is 1. The number of imidazole rings is 1. The summed E-state index contributed by atoms with van der Waals surface area (Å²) >= 11 is 3.36. The van der Waals surface area contributed by atoms with E-state index in [1.54, 1.807) is 12.1 Å². The molecule has 1 heterocycles. The molecule has 0 aliphatic rings. The number of fused-ring (bicyclic) bond motifs is 1. The van der Waals surface area contributed by atoms with Crippen molar-refractivity contribution in [2.24, 2.45) is 0 Å². The fraction of sp³-hybridized carbons (Fsp3) is 0.333. The second-order valence-electron chi connectivity index (χ2n) is 4.54. The SMILES string of the molecule is CC(C)NCC(=O)Nc1cc2[nH]c(=O)[nH]c2cc1Br. The van der Waals surface area contributed by atoms with Crippen molar-refractivity contribution in [2.45, 2.75) is 19.9 Å². The molecule has 4 N–H and O–H groups in total. The molecule has 102 valence electrons. The average Bonchev–Trinajstić information content (AvgIpc) is 2.66. The molecule has 0 aliphatic heterocycles. The number of rotatable bonds is 4. The first-order valence-electron chi connectivity index (χ1n) is 5.90. The minimum atomic E-state index is -0.271. The summed E-state index contributed by atoms with van der Waals surface area (Å²) in [7, 11) is 0. The van der Waals surface area contributed by atoms with Crippen LogP contribution in [-0.2, 0) is 4.79 Å². The summed E-state index contributed by atoms with van der Waals surface area (Å²) in [5.74, 6) is -0.133. The van der Waals surface area contributed by atoms with E-state index in [4.69, 9.17) is 0 Å². The number of anilines is 1. The molecular formula is C12H15BrN4O2. The first-order chi connectivity index (χ1) is 8.95. The van der Waals surface area contributed by atoms with Crippen molar-refractivity contribution in [1.29, 1.82) is 0 Å². The van der Waals surface area contributed by atoms with Crippen molar-refractivity contribution in [3.8, 4) is 0 Å². The molecule has 0 unspecified atom stereocenters. The third-order valence-electron chi connectivity index (χ3n) is 2.55. The molecule has 7 heteroatoms. The lowest BCUT2D eigenvalue weighted by Gasteiger charge is -2.10. The van der Waals surface area contributed by atoms with Gasteiger partial charge in [0, 0.05) is 10.5 Å². The largest absolute Gasteiger partial charge is 0.324 e. The van der Waals surface area contributed by atoms with Gasteiger partial charge in [0.05, 0.1) is 23.3 Å². The van der Waals surface area contributed by atoms with E-state index in [0.29, 0.717) is 21.2 Å². The molecule has 2 aromatic rings. The van der Waals surface area contributed by atoms with Crippen LogP contribution in [0, 0.1) is 0 Å². The minimum absolute atomic E-state index is 0.133. The Morgan fingerprint density at radius 2 is 1.95 bits per heavy atom. The van der Waals surface area contributed by atoms with Crippen LogP contribution >= 0.6 is 15.9 Å². The highest BCUT2D eigenvalue weighted by molar-refractivity contribution is 9.10. The zero-order valence-corrected chi connectivity index (χ0v) is 12.2. The summed E-state index contributed by atoms with van der Waals surface area (Å²) in [6, 6.07) is 3.71. The standard InChI is InChI=1S/C12H15BrN4O2/c1-6(2)14-5-11(18)15-8-4-10-9(3-7(8)13)16-12(19)17-10/h3-4,6,14H,5H2,1-2H3,(H,15,18)(H2,16,17,19). The van der Waals surface area contributed by atoms with Gasteiger partial charge in [-0.15, -0.1) is 0 Å². The number of carbonyl (C=O) groups is 1. The maximum Gasteiger partial charge on any atom is 0.323 e. The Bertz CT molecular complexity index is 659. The third-order valence-corrected chi connectivity index (χ3v) is 3.20. The molecule has 0 saturated carbocycles. The van der Waals surface area contributed by atoms with Crippen molar-refractivity contribution >= 4 is 38.6 Å². The maximum atomic E-state index is 11.7. The molecule has 0 radical (unpaired) electrons. The van der Waals surface area contributed by atoms with Crippen LogP contribution in [0.15, 0.2) is 21.4 Å². The molecule has 1 amide bonds. The Hall–Kier alpha value is -1.60. The van der Waals surface area contributed by atoms with Gasteiger partial charge in [-0.1, -0.05) is 13.8 Å². The Morgan fingerprint density at radius 3 is 2.58 bits per heavy atom. The molecule has 19 heavy (non-hydrogen) atoms. The van der Waals surface area contributed by atoms with Crippen LogP contribution in [0.2, 0.25) is 0 Å². The van der Waals surface area contributed by atoms with Crippen LogP contribution in [0.1, 0.15) is 13.8 Å². The topological polar surface area (TPSA) is 89.8 Å². The summed E-state index contributed by atoms with van der Waals surface area (Å²) in [4.78, 5) is 28.2. The Kier molecular flexibility index (Phi) is 4.06. The van der Waals surface area contributed by atoms with E-state index in [1.807, 2.05) is 13.8 Å². The predicted molar refractivity (Wildman–Crippen MR) is 78.4 cm³/mol. The van der Waals surface area contributed by atoms with Gasteiger partial charge in [0.2, 0.25) is 5.91 Å². The number of hydrogen-bond donors (Lipinski definition) is 4. The van der Waals surface area contributed by atoms with Crippen molar-refractivity contribution in [2.75, 3.05) is 11.9 Å². The molecule has 0 spiro atoms. The molecule has 2 rings (SSSR count). The van der Waals surface area contributed by atoms with Gasteiger partial charge in [0.15, 0.2) is 0 Å². The summed E-state index contributed by atoms with van der Waals surface area (Å²) in [5.41, 5.74) is 1.70. The van der Waals surface area contributed by atoms with E-state index >= 15 is 0 Å². The zero-order valence-electron chi connectivity index (χ0n) is 10.6. The molecule has 1 aromatic carbocycles. The van der Waals surface area contributed by atoms with Gasteiger partial charge < -0.3 is 20.6 Å². The van der Waals surface area contributed by atoms with Gasteiger partial charge in [0.1, 0.15) is 0 Å². The van der Waals surface area contributed by atoms with E-state index < -0.39 is 0 Å². The Labute approximate surface area is 118 Å². The van der Waals surface area contributed by atoms with Gasteiger partial charge in [-0.25, -0.2) is 4.79 Å². The number of nitrogens with one attached hydrogen (secondary N) is 4. The predicted octanol–water partition coefficient (Wildman–Crippen LogP) is 1.56. The normalized spacial score (nSPS) is 11.2. The molecule has 0 atom stereocenters. The van der Waals surface area contributed by atoms with Gasteiger partial charge >= 0.3 is 5.69 Å². The molecule has 0 fully saturated rings. The number of H-pyrrole nitrogens is 2. The zero-order chi connectivity index (χ0) is 14.0. The van der Waals surface area contributed by atoms with Crippen LogP contribution in [0.3, 0.4) is 0 Å². The van der Waals surface area contributed by atoms with Crippen LogP contribution in [-0.4, -0.2) is 28.5 Å². The first kappa shape index (κ1) is 13.8. The number of amides is 1. The van der Waals surface area contributed by atoms with Crippen molar-refractivity contribution < 1.29 is 4.79 Å². The second-order valence-corrected chi connectivity index (χ2v) is 5.39. The highest BCUT2D eigenvalue weighted by Gasteiger charge is 2.09. The van der Waals surface area contributed by atoms with Crippen LogP contribution in [0.25, 0.3) is 11.0 Å². The van der Waals surface area contributed by atoms with Gasteiger partial charge in [-0.3, -0.25) is 4.79 Å². The average molecular weight is 327 g/mol. The van der Waals surface area contributed by atoms with Crippen molar-refractivity contribution in [3.05, 3.63) is 27.1 Å². The number of aromatic nitrogens is 2. The van der Waals surface area contributed by atoms with E-state index in [-0.39, 0.29) is 24.2 Å². The number of carbonyl (C=O) groups excluding carboxylic acids is 1. The third kappa shape index (κ3) is 3.45. The monoisotopic (exact) mass is 326 g/mol. The Balaban J connectivity index is 2.18. The van der Waals surface area contributed by atoms with E-state index in [1.165, 1.54) is 0 Å². The van der Waals surface area contributed by atoms with Gasteiger partial charge in [0.25, 0.3) is 0 Å². The van der Waals surface area contributed by atoms with Crippen LogP contribution in [0.5, 0.6) is 0 Å². The molecule has 1 aromatic heterocycles. The number of hydrogen-bond acceptors (Lipinski definition) is 3. The lowest BCUT2D eigenvalue weighted by atomic mass is 10.2. The van der Waals surface area contributed by atoms with Gasteiger partial charge in [-0.05, 0) is 28.1 Å². The lowest BCUT2D eigenvalue weighted by Crippen LogP contribution is -2.32. The van der Waals surface area contributed by atoms with E-state index in [0.717, 1.165) is 0 Å². The van der Waals surface area contributed by atoms with Crippen LogP contribution < -0.4 is 16.3 Å². The number of benzene rings is 1.